The van der Waals surface area contributed by atoms with Gasteiger partial charge in [-0.2, -0.15) is 0 Å². The highest BCUT2D eigenvalue weighted by Gasteiger charge is 2.26. The molecule has 2 rings (SSSR count). The standard InChI is InChI=1S/C17H14Cl2N2O3/c18-11-6-7-13(19)12(9-11)17(24)21-14(15(22)16(20)23)8-10-4-2-1-3-5-10/h1-7,9,14H,8H2,(H2,20,23)(H,21,24). The van der Waals surface area contributed by atoms with Gasteiger partial charge in [0, 0.05) is 11.4 Å². The third kappa shape index (κ3) is 4.57. The van der Waals surface area contributed by atoms with E-state index in [0.29, 0.717) is 5.02 Å². The molecule has 2 aromatic carbocycles. The van der Waals surface area contributed by atoms with E-state index >= 15 is 0 Å². The average Bonchev–Trinajstić information content (AvgIpc) is 2.56. The fourth-order valence-corrected chi connectivity index (χ4v) is 2.51. The molecule has 5 nitrogen and oxygen atoms in total. The number of rotatable bonds is 6. The number of hydrogen-bond acceptors (Lipinski definition) is 3. The van der Waals surface area contributed by atoms with E-state index in [-0.39, 0.29) is 17.0 Å². The maximum atomic E-state index is 12.4. The van der Waals surface area contributed by atoms with E-state index in [4.69, 9.17) is 28.9 Å². The first kappa shape index (κ1) is 18.0. The zero-order chi connectivity index (χ0) is 17.7. The molecular formula is C17H14Cl2N2O3. The molecule has 3 N–H and O–H groups in total. The Bertz CT molecular complexity index is 779. The quantitative estimate of drug-likeness (QED) is 0.771. The summed E-state index contributed by atoms with van der Waals surface area (Å²) in [5.41, 5.74) is 5.96. The van der Waals surface area contributed by atoms with Crippen LogP contribution in [0, 0.1) is 0 Å². The maximum absolute atomic E-state index is 12.4. The summed E-state index contributed by atoms with van der Waals surface area (Å²) >= 11 is 11.8. The van der Waals surface area contributed by atoms with E-state index in [1.807, 2.05) is 6.07 Å². The molecule has 0 aliphatic rings. The van der Waals surface area contributed by atoms with Gasteiger partial charge in [-0.3, -0.25) is 14.4 Å². The van der Waals surface area contributed by atoms with Crippen molar-refractivity contribution in [3.8, 4) is 0 Å². The number of ketones is 1. The summed E-state index contributed by atoms with van der Waals surface area (Å²) in [6.07, 6.45) is 0.131. The lowest BCUT2D eigenvalue weighted by Gasteiger charge is -2.17. The summed E-state index contributed by atoms with van der Waals surface area (Å²) in [6, 6.07) is 12.3. The van der Waals surface area contributed by atoms with Gasteiger partial charge in [0.1, 0.15) is 6.04 Å². The van der Waals surface area contributed by atoms with Gasteiger partial charge in [0.05, 0.1) is 10.6 Å². The van der Waals surface area contributed by atoms with Crippen LogP contribution in [0.5, 0.6) is 0 Å². The predicted octanol–water partition coefficient (Wildman–Crippen LogP) is 2.39. The van der Waals surface area contributed by atoms with Gasteiger partial charge in [0.15, 0.2) is 0 Å². The number of nitrogens with one attached hydrogen (secondary N) is 1. The third-order valence-electron chi connectivity index (χ3n) is 3.32. The van der Waals surface area contributed by atoms with E-state index in [2.05, 4.69) is 5.32 Å². The van der Waals surface area contributed by atoms with E-state index in [0.717, 1.165) is 5.56 Å². The molecule has 124 valence electrons. The molecule has 0 saturated carbocycles. The molecule has 0 aliphatic heterocycles. The number of primary amides is 1. The van der Waals surface area contributed by atoms with Crippen LogP contribution < -0.4 is 11.1 Å². The minimum absolute atomic E-state index is 0.111. The zero-order valence-corrected chi connectivity index (χ0v) is 14.0. The lowest BCUT2D eigenvalue weighted by Crippen LogP contribution is -2.47. The molecule has 2 amide bonds. The molecule has 0 heterocycles. The number of hydrogen-bond donors (Lipinski definition) is 2. The Kier molecular flexibility index (Phi) is 5.95. The molecule has 0 bridgehead atoms. The Morgan fingerprint density at radius 3 is 2.33 bits per heavy atom. The van der Waals surface area contributed by atoms with Crippen molar-refractivity contribution < 1.29 is 14.4 Å². The molecule has 1 unspecified atom stereocenters. The van der Waals surface area contributed by atoms with E-state index in [1.165, 1.54) is 18.2 Å². The van der Waals surface area contributed by atoms with E-state index in [9.17, 15) is 14.4 Å². The minimum Gasteiger partial charge on any atom is -0.363 e. The second kappa shape index (κ2) is 7.95. The van der Waals surface area contributed by atoms with Crippen molar-refractivity contribution in [3.05, 3.63) is 69.7 Å². The number of nitrogens with two attached hydrogens (primary N) is 1. The van der Waals surface area contributed by atoms with Gasteiger partial charge < -0.3 is 11.1 Å². The van der Waals surface area contributed by atoms with Gasteiger partial charge in [-0.1, -0.05) is 53.5 Å². The molecule has 0 radical (unpaired) electrons. The van der Waals surface area contributed by atoms with Crippen molar-refractivity contribution in [1.82, 2.24) is 5.32 Å². The summed E-state index contributed by atoms with van der Waals surface area (Å²) in [4.78, 5) is 35.6. The van der Waals surface area contributed by atoms with Crippen LogP contribution in [-0.4, -0.2) is 23.6 Å². The van der Waals surface area contributed by atoms with Crippen LogP contribution in [0.15, 0.2) is 48.5 Å². The Hall–Kier alpha value is -2.37. The number of amides is 2. The van der Waals surface area contributed by atoms with Crippen LogP contribution in [0.1, 0.15) is 15.9 Å². The third-order valence-corrected chi connectivity index (χ3v) is 3.89. The Balaban J connectivity index is 2.24. The number of halogens is 2. The molecule has 2 aromatic rings. The van der Waals surface area contributed by atoms with Gasteiger partial charge in [-0.15, -0.1) is 0 Å². The Morgan fingerprint density at radius 2 is 1.71 bits per heavy atom. The Labute approximate surface area is 148 Å². The Morgan fingerprint density at radius 1 is 1.04 bits per heavy atom. The smallest absolute Gasteiger partial charge is 0.287 e. The van der Waals surface area contributed by atoms with Crippen molar-refractivity contribution >= 4 is 40.8 Å². The van der Waals surface area contributed by atoms with Crippen LogP contribution in [-0.2, 0) is 16.0 Å². The first-order valence-electron chi connectivity index (χ1n) is 7.02. The fraction of sp³-hybridized carbons (Fsp3) is 0.118. The second-order valence-corrected chi connectivity index (χ2v) is 5.91. The van der Waals surface area contributed by atoms with Crippen LogP contribution in [0.2, 0.25) is 10.0 Å². The molecule has 7 heteroatoms. The minimum atomic E-state index is -1.12. The van der Waals surface area contributed by atoms with Crippen molar-refractivity contribution in [2.45, 2.75) is 12.5 Å². The highest BCUT2D eigenvalue weighted by molar-refractivity contribution is 6.38. The SMILES string of the molecule is NC(=O)C(=O)C(Cc1ccccc1)NC(=O)c1cc(Cl)ccc1Cl. The van der Waals surface area contributed by atoms with Crippen LogP contribution in [0.25, 0.3) is 0 Å². The fourth-order valence-electron chi connectivity index (χ4n) is 2.14. The molecule has 0 fully saturated rings. The molecular weight excluding hydrogens is 351 g/mol. The monoisotopic (exact) mass is 364 g/mol. The van der Waals surface area contributed by atoms with Crippen molar-refractivity contribution in [2.24, 2.45) is 5.73 Å². The van der Waals surface area contributed by atoms with Gasteiger partial charge in [-0.05, 0) is 23.8 Å². The van der Waals surface area contributed by atoms with E-state index < -0.39 is 23.6 Å². The number of Topliss-reactive ketones (excluding diaryl/α,β-unsaturated/α-hetero) is 1. The first-order valence-corrected chi connectivity index (χ1v) is 7.77. The first-order chi connectivity index (χ1) is 11.4. The maximum Gasteiger partial charge on any atom is 0.287 e. The molecule has 0 aromatic heterocycles. The molecule has 0 aliphatic carbocycles. The predicted molar refractivity (Wildman–Crippen MR) is 92.1 cm³/mol. The second-order valence-electron chi connectivity index (χ2n) is 5.07. The van der Waals surface area contributed by atoms with Gasteiger partial charge in [0.25, 0.3) is 11.8 Å². The lowest BCUT2D eigenvalue weighted by atomic mass is 10.0. The highest BCUT2D eigenvalue weighted by Crippen LogP contribution is 2.20. The number of carbonyl (C=O) groups is 3. The molecule has 0 saturated heterocycles. The van der Waals surface area contributed by atoms with E-state index in [1.54, 1.807) is 24.3 Å². The van der Waals surface area contributed by atoms with Crippen LogP contribution >= 0.6 is 23.2 Å². The summed E-state index contributed by atoms with van der Waals surface area (Å²) in [5, 5.41) is 3.01. The van der Waals surface area contributed by atoms with Crippen molar-refractivity contribution in [1.29, 1.82) is 0 Å². The van der Waals surface area contributed by atoms with Crippen LogP contribution in [0.4, 0.5) is 0 Å². The topological polar surface area (TPSA) is 89.3 Å². The van der Waals surface area contributed by atoms with Crippen LogP contribution in [0.3, 0.4) is 0 Å². The normalized spacial score (nSPS) is 11.6. The summed E-state index contributed by atoms with van der Waals surface area (Å²) < 4.78 is 0. The molecule has 1 atom stereocenters. The number of carbonyl (C=O) groups excluding carboxylic acids is 3. The van der Waals surface area contributed by atoms with Gasteiger partial charge in [-0.25, -0.2) is 0 Å². The van der Waals surface area contributed by atoms with Crippen molar-refractivity contribution in [2.75, 3.05) is 0 Å². The van der Waals surface area contributed by atoms with Gasteiger partial charge in [0.2, 0.25) is 5.78 Å². The largest absolute Gasteiger partial charge is 0.363 e. The van der Waals surface area contributed by atoms with Gasteiger partial charge >= 0.3 is 0 Å². The number of benzene rings is 2. The highest BCUT2D eigenvalue weighted by atomic mass is 35.5. The summed E-state index contributed by atoms with van der Waals surface area (Å²) in [7, 11) is 0. The average molecular weight is 365 g/mol. The zero-order valence-electron chi connectivity index (χ0n) is 12.5. The lowest BCUT2D eigenvalue weighted by molar-refractivity contribution is -0.137. The summed E-state index contributed by atoms with van der Waals surface area (Å²) in [6.45, 7) is 0. The molecule has 0 spiro atoms. The summed E-state index contributed by atoms with van der Waals surface area (Å²) in [5.74, 6) is -2.61. The van der Waals surface area contributed by atoms with Crippen molar-refractivity contribution in [3.63, 3.8) is 0 Å². The molecule has 24 heavy (non-hydrogen) atoms.